The number of aromatic nitrogens is 4. The van der Waals surface area contributed by atoms with Gasteiger partial charge in [-0.1, -0.05) is 64.5 Å². The Balaban J connectivity index is 1.32. The van der Waals surface area contributed by atoms with Crippen LogP contribution in [0.3, 0.4) is 0 Å². The van der Waals surface area contributed by atoms with Crippen LogP contribution >= 0.6 is 0 Å². The molecule has 0 aliphatic heterocycles. The summed E-state index contributed by atoms with van der Waals surface area (Å²) in [6.45, 7) is 18.1. The topological polar surface area (TPSA) is 44.9 Å². The Morgan fingerprint density at radius 2 is 1.66 bits per heavy atom. The van der Waals surface area contributed by atoms with Crippen molar-refractivity contribution in [2.45, 2.75) is 80.1 Å². The first kappa shape index (κ1) is 31.0. The van der Waals surface area contributed by atoms with Crippen LogP contribution in [0, 0.1) is 25.7 Å². The van der Waals surface area contributed by atoms with Crippen molar-refractivity contribution in [3.05, 3.63) is 119 Å². The minimum absolute atomic E-state index is 0.334. The number of fused-ring (bicyclic) bond motifs is 3. The molecule has 3 aromatic carbocycles. The van der Waals surface area contributed by atoms with Crippen LogP contribution in [0.15, 0.2) is 90.6 Å². The predicted molar refractivity (Wildman–Crippen MR) is 195 cm³/mol. The second kappa shape index (κ2) is 12.2. The highest BCUT2D eigenvalue weighted by atomic mass is 16.5. The number of ether oxygens (including phenoxy) is 1. The highest BCUT2D eigenvalue weighted by Crippen LogP contribution is 2.43. The molecule has 6 aromatic rings. The molecule has 240 valence electrons. The van der Waals surface area contributed by atoms with Crippen molar-refractivity contribution in [2.75, 3.05) is 0 Å². The fourth-order valence-electron chi connectivity index (χ4n) is 7.98. The van der Waals surface area contributed by atoms with Crippen LogP contribution in [0.1, 0.15) is 87.9 Å². The van der Waals surface area contributed by atoms with Crippen LogP contribution in [-0.2, 0) is 6.42 Å². The maximum Gasteiger partial charge on any atom is 0.137 e. The third-order valence-electron chi connectivity index (χ3n) is 10.2. The van der Waals surface area contributed by atoms with Gasteiger partial charge in [-0.2, -0.15) is 5.10 Å². The molecule has 5 heteroatoms. The van der Waals surface area contributed by atoms with Gasteiger partial charge in [-0.25, -0.2) is 9.67 Å². The zero-order valence-electron chi connectivity index (χ0n) is 29.0. The Hall–Kier alpha value is -4.64. The molecule has 7 rings (SSSR count). The first-order valence-corrected chi connectivity index (χ1v) is 17.2. The lowest BCUT2D eigenvalue weighted by Crippen LogP contribution is -2.20. The standard InChI is InChI=1S/C42H46N4O/c1-9-31-16-17-43-40(20-31)45-38-13-11-10-12-36(38)37-15-14-34(24-39(37)45)47-35-22-32(25(2)3)21-33(23-35)46-30(8)42(29(7)44-46)41-27(5)18-26(4)19-28(41)6/h10-18,20-26,28,41H,9,19H2,1-8H3/t26-,28-,41?/m0/s1. The van der Waals surface area contributed by atoms with Gasteiger partial charge < -0.3 is 4.74 Å². The number of hydrogen-bond acceptors (Lipinski definition) is 3. The quantitative estimate of drug-likeness (QED) is 0.166. The first-order valence-electron chi connectivity index (χ1n) is 17.2. The van der Waals surface area contributed by atoms with Gasteiger partial charge in [-0.05, 0) is 105 Å². The Morgan fingerprint density at radius 1 is 0.872 bits per heavy atom. The molecule has 0 radical (unpaired) electrons. The van der Waals surface area contributed by atoms with E-state index in [1.54, 1.807) is 0 Å². The molecule has 47 heavy (non-hydrogen) atoms. The Kier molecular flexibility index (Phi) is 8.03. The van der Waals surface area contributed by atoms with Crippen molar-refractivity contribution >= 4 is 21.8 Å². The smallest absolute Gasteiger partial charge is 0.137 e. The molecule has 0 N–H and O–H groups in total. The fraction of sp³-hybridized carbons (Fsp3) is 0.333. The van der Waals surface area contributed by atoms with Crippen LogP contribution in [0.25, 0.3) is 33.3 Å². The first-order chi connectivity index (χ1) is 22.6. The summed E-state index contributed by atoms with van der Waals surface area (Å²) in [6, 6.07) is 25.8. The van der Waals surface area contributed by atoms with Crippen molar-refractivity contribution in [1.82, 2.24) is 19.3 Å². The maximum atomic E-state index is 6.73. The molecule has 3 heterocycles. The molecule has 0 saturated heterocycles. The van der Waals surface area contributed by atoms with E-state index in [4.69, 9.17) is 14.8 Å². The molecular formula is C42H46N4O. The number of aryl methyl sites for hydroxylation is 2. The summed E-state index contributed by atoms with van der Waals surface area (Å²) in [5, 5.41) is 7.52. The lowest BCUT2D eigenvalue weighted by atomic mass is 9.72. The van der Waals surface area contributed by atoms with E-state index in [2.05, 4.69) is 144 Å². The number of pyridine rings is 1. The molecular weight excluding hydrogens is 576 g/mol. The number of rotatable bonds is 7. The van der Waals surface area contributed by atoms with Gasteiger partial charge >= 0.3 is 0 Å². The average Bonchev–Trinajstić information content (AvgIpc) is 3.53. The molecule has 0 bridgehead atoms. The number of hydrogen-bond donors (Lipinski definition) is 0. The van der Waals surface area contributed by atoms with Crippen molar-refractivity contribution in [2.24, 2.45) is 11.8 Å². The van der Waals surface area contributed by atoms with Crippen molar-refractivity contribution < 1.29 is 4.74 Å². The van der Waals surface area contributed by atoms with Crippen LogP contribution in [-0.4, -0.2) is 19.3 Å². The summed E-state index contributed by atoms with van der Waals surface area (Å²) >= 11 is 0. The van der Waals surface area contributed by atoms with E-state index in [0.717, 1.165) is 46.2 Å². The lowest BCUT2D eigenvalue weighted by Gasteiger charge is -2.32. The van der Waals surface area contributed by atoms with Gasteiger partial charge in [0.15, 0.2) is 0 Å². The van der Waals surface area contributed by atoms with E-state index in [-0.39, 0.29) is 0 Å². The fourth-order valence-corrected chi connectivity index (χ4v) is 7.98. The van der Waals surface area contributed by atoms with E-state index < -0.39 is 0 Å². The van der Waals surface area contributed by atoms with Gasteiger partial charge in [-0.3, -0.25) is 4.57 Å². The third kappa shape index (κ3) is 5.56. The van der Waals surface area contributed by atoms with Crippen molar-refractivity contribution in [3.63, 3.8) is 0 Å². The zero-order valence-corrected chi connectivity index (χ0v) is 29.0. The van der Waals surface area contributed by atoms with Crippen LogP contribution < -0.4 is 4.74 Å². The Morgan fingerprint density at radius 3 is 2.43 bits per heavy atom. The third-order valence-corrected chi connectivity index (χ3v) is 10.2. The van der Waals surface area contributed by atoms with E-state index >= 15 is 0 Å². The lowest BCUT2D eigenvalue weighted by molar-refractivity contribution is 0.390. The summed E-state index contributed by atoms with van der Waals surface area (Å²) in [5.41, 5.74) is 10.9. The average molecular weight is 623 g/mol. The van der Waals surface area contributed by atoms with Gasteiger partial charge in [0.1, 0.15) is 17.3 Å². The van der Waals surface area contributed by atoms with Gasteiger partial charge in [0.05, 0.1) is 22.4 Å². The SMILES string of the molecule is CCc1ccnc(-n2c3ccccc3c3ccc(Oc4cc(C(C)C)cc(-n5nc(C)c(C6C(C)=C[C@H](C)C[C@@H]6C)c5C)c4)cc32)c1. The predicted octanol–water partition coefficient (Wildman–Crippen LogP) is 11.2. The number of nitrogens with zero attached hydrogens (tertiary/aromatic N) is 4. The molecule has 3 aromatic heterocycles. The van der Waals surface area contributed by atoms with E-state index in [1.807, 2.05) is 6.20 Å². The largest absolute Gasteiger partial charge is 0.457 e. The molecule has 0 fully saturated rings. The minimum Gasteiger partial charge on any atom is -0.457 e. The van der Waals surface area contributed by atoms with Gasteiger partial charge in [-0.15, -0.1) is 0 Å². The van der Waals surface area contributed by atoms with Crippen molar-refractivity contribution in [1.29, 1.82) is 0 Å². The Bertz CT molecular complexity index is 2150. The van der Waals surface area contributed by atoms with Gasteiger partial charge in [0.2, 0.25) is 0 Å². The van der Waals surface area contributed by atoms with Crippen molar-refractivity contribution in [3.8, 4) is 23.0 Å². The number of benzene rings is 3. The van der Waals surface area contributed by atoms with Crippen LogP contribution in [0.5, 0.6) is 11.5 Å². The number of para-hydroxylation sites is 1. The molecule has 1 aliphatic carbocycles. The molecule has 1 unspecified atom stereocenters. The molecule has 5 nitrogen and oxygen atoms in total. The second-order valence-corrected chi connectivity index (χ2v) is 14.0. The van der Waals surface area contributed by atoms with Gasteiger partial charge in [0, 0.05) is 46.3 Å². The highest BCUT2D eigenvalue weighted by molar-refractivity contribution is 6.09. The normalized spacial score (nSPS) is 18.3. The molecule has 3 atom stereocenters. The van der Waals surface area contributed by atoms with Crippen LogP contribution in [0.2, 0.25) is 0 Å². The van der Waals surface area contributed by atoms with E-state index in [1.165, 1.54) is 45.2 Å². The summed E-state index contributed by atoms with van der Waals surface area (Å²) in [7, 11) is 0. The Labute approximate surface area is 278 Å². The second-order valence-electron chi connectivity index (χ2n) is 14.0. The number of allylic oxidation sites excluding steroid dienone is 2. The van der Waals surface area contributed by atoms with Gasteiger partial charge in [0.25, 0.3) is 0 Å². The zero-order chi connectivity index (χ0) is 33.0. The maximum absolute atomic E-state index is 6.73. The summed E-state index contributed by atoms with van der Waals surface area (Å²) in [4.78, 5) is 4.79. The molecule has 1 aliphatic rings. The van der Waals surface area contributed by atoms with Crippen LogP contribution in [0.4, 0.5) is 0 Å². The summed E-state index contributed by atoms with van der Waals surface area (Å²) in [6.07, 6.45) is 6.53. The highest BCUT2D eigenvalue weighted by Gasteiger charge is 2.31. The molecule has 0 spiro atoms. The summed E-state index contributed by atoms with van der Waals surface area (Å²) in [5.74, 6) is 4.46. The monoisotopic (exact) mass is 622 g/mol. The molecule has 0 amide bonds. The minimum atomic E-state index is 0.334. The summed E-state index contributed by atoms with van der Waals surface area (Å²) < 4.78 is 11.1. The molecule has 0 saturated carbocycles. The van der Waals surface area contributed by atoms with E-state index in [9.17, 15) is 0 Å². The van der Waals surface area contributed by atoms with E-state index in [0.29, 0.717) is 23.7 Å².